The summed E-state index contributed by atoms with van der Waals surface area (Å²) < 4.78 is 0. The van der Waals surface area contributed by atoms with Gasteiger partial charge in [0, 0.05) is 25.6 Å². The average molecular weight is 254 g/mol. The van der Waals surface area contributed by atoms with E-state index in [1.807, 2.05) is 11.9 Å². The van der Waals surface area contributed by atoms with E-state index in [0.717, 1.165) is 38.6 Å². The Bertz CT molecular complexity index is 302. The Kier molecular flexibility index (Phi) is 4.28. The molecule has 0 radical (unpaired) electrons. The number of aliphatic hydroxyl groups is 1. The molecule has 0 spiro atoms. The third kappa shape index (κ3) is 3.04. The standard InChI is InChI=1S/C14H26N2O2/c1-9-3-4-11(7-13(9)15)14(18)16(2)8-10-5-12(17)6-10/h9-13,17H,3-8,15H2,1-2H3. The van der Waals surface area contributed by atoms with Crippen LogP contribution in [0.25, 0.3) is 0 Å². The molecule has 2 fully saturated rings. The summed E-state index contributed by atoms with van der Waals surface area (Å²) in [4.78, 5) is 14.2. The van der Waals surface area contributed by atoms with E-state index in [0.29, 0.717) is 11.8 Å². The highest BCUT2D eigenvalue weighted by molar-refractivity contribution is 5.78. The molecule has 2 aliphatic carbocycles. The van der Waals surface area contributed by atoms with Gasteiger partial charge in [0.1, 0.15) is 0 Å². The molecule has 4 nitrogen and oxygen atoms in total. The lowest BCUT2D eigenvalue weighted by Crippen LogP contribution is -2.45. The lowest BCUT2D eigenvalue weighted by molar-refractivity contribution is -0.137. The first-order valence-electron chi connectivity index (χ1n) is 7.16. The number of hydrogen-bond donors (Lipinski definition) is 2. The highest BCUT2D eigenvalue weighted by atomic mass is 16.3. The van der Waals surface area contributed by atoms with Gasteiger partial charge in [-0.15, -0.1) is 0 Å². The molecule has 1 amide bonds. The summed E-state index contributed by atoms with van der Waals surface area (Å²) in [6, 6.07) is 0.173. The summed E-state index contributed by atoms with van der Waals surface area (Å²) in [5.41, 5.74) is 6.06. The molecule has 0 bridgehead atoms. The summed E-state index contributed by atoms with van der Waals surface area (Å²) in [6.45, 7) is 2.96. The maximum absolute atomic E-state index is 12.3. The van der Waals surface area contributed by atoms with Crippen molar-refractivity contribution < 1.29 is 9.90 Å². The molecule has 0 aliphatic heterocycles. The van der Waals surface area contributed by atoms with E-state index in [2.05, 4.69) is 6.92 Å². The molecule has 2 aliphatic rings. The van der Waals surface area contributed by atoms with Crippen molar-refractivity contribution in [2.75, 3.05) is 13.6 Å². The number of carbonyl (C=O) groups excluding carboxylic acids is 1. The van der Waals surface area contributed by atoms with Gasteiger partial charge in [-0.3, -0.25) is 4.79 Å². The van der Waals surface area contributed by atoms with Gasteiger partial charge in [0.2, 0.25) is 5.91 Å². The fourth-order valence-electron chi connectivity index (χ4n) is 3.22. The van der Waals surface area contributed by atoms with E-state index in [1.54, 1.807) is 0 Å². The van der Waals surface area contributed by atoms with Gasteiger partial charge in [-0.1, -0.05) is 6.92 Å². The molecule has 0 saturated heterocycles. The van der Waals surface area contributed by atoms with Crippen molar-refractivity contribution in [2.45, 2.75) is 51.2 Å². The lowest BCUT2D eigenvalue weighted by Gasteiger charge is -2.37. The third-order valence-electron chi connectivity index (χ3n) is 4.73. The molecule has 0 heterocycles. The van der Waals surface area contributed by atoms with Crippen molar-refractivity contribution in [3.63, 3.8) is 0 Å². The van der Waals surface area contributed by atoms with Crippen LogP contribution in [0.15, 0.2) is 0 Å². The number of nitrogens with zero attached hydrogens (tertiary/aromatic N) is 1. The van der Waals surface area contributed by atoms with Gasteiger partial charge in [-0.2, -0.15) is 0 Å². The third-order valence-corrected chi connectivity index (χ3v) is 4.73. The molecule has 3 N–H and O–H groups in total. The van der Waals surface area contributed by atoms with E-state index in [9.17, 15) is 9.90 Å². The normalized spacial score (nSPS) is 40.1. The fraction of sp³-hybridized carbons (Fsp3) is 0.929. The van der Waals surface area contributed by atoms with Crippen molar-refractivity contribution in [2.24, 2.45) is 23.5 Å². The number of hydrogen-bond acceptors (Lipinski definition) is 3. The van der Waals surface area contributed by atoms with Crippen molar-refractivity contribution in [1.29, 1.82) is 0 Å². The SMILES string of the molecule is CC1CCC(C(=O)N(C)CC2CC(O)C2)CC1N. The Morgan fingerprint density at radius 2 is 2.00 bits per heavy atom. The Labute approximate surface area is 110 Å². The first-order chi connectivity index (χ1) is 8.47. The van der Waals surface area contributed by atoms with Gasteiger partial charge < -0.3 is 15.7 Å². The second kappa shape index (κ2) is 5.57. The molecule has 0 aromatic carbocycles. The maximum atomic E-state index is 12.3. The molecule has 104 valence electrons. The molecule has 3 atom stereocenters. The molecule has 0 aromatic rings. The molecule has 18 heavy (non-hydrogen) atoms. The molecule has 3 unspecified atom stereocenters. The summed E-state index contributed by atoms with van der Waals surface area (Å²) >= 11 is 0. The van der Waals surface area contributed by atoms with E-state index in [4.69, 9.17) is 5.73 Å². The minimum Gasteiger partial charge on any atom is -0.393 e. The summed E-state index contributed by atoms with van der Waals surface area (Å²) in [5.74, 6) is 1.40. The molecule has 4 heteroatoms. The fourth-order valence-corrected chi connectivity index (χ4v) is 3.22. The van der Waals surface area contributed by atoms with Gasteiger partial charge in [-0.25, -0.2) is 0 Å². The first-order valence-corrected chi connectivity index (χ1v) is 7.16. The molecule has 2 rings (SSSR count). The van der Waals surface area contributed by atoms with Crippen LogP contribution in [0, 0.1) is 17.8 Å². The van der Waals surface area contributed by atoms with Gasteiger partial charge in [-0.05, 0) is 43.9 Å². The van der Waals surface area contributed by atoms with Gasteiger partial charge in [0.25, 0.3) is 0 Å². The summed E-state index contributed by atoms with van der Waals surface area (Å²) in [5, 5.41) is 9.26. The van der Waals surface area contributed by atoms with Gasteiger partial charge in [0.15, 0.2) is 0 Å². The number of rotatable bonds is 3. The van der Waals surface area contributed by atoms with Crippen LogP contribution < -0.4 is 5.73 Å². The molecular formula is C14H26N2O2. The van der Waals surface area contributed by atoms with Crippen molar-refractivity contribution >= 4 is 5.91 Å². The topological polar surface area (TPSA) is 66.6 Å². The number of amides is 1. The first kappa shape index (κ1) is 13.8. The van der Waals surface area contributed by atoms with Crippen LogP contribution in [-0.4, -0.2) is 41.7 Å². The number of nitrogens with two attached hydrogens (primary N) is 1. The highest BCUT2D eigenvalue weighted by Crippen LogP contribution is 2.31. The lowest BCUT2D eigenvalue weighted by atomic mass is 9.78. The monoisotopic (exact) mass is 254 g/mol. The molecule has 2 saturated carbocycles. The molecular weight excluding hydrogens is 228 g/mol. The van der Waals surface area contributed by atoms with Crippen molar-refractivity contribution in [1.82, 2.24) is 4.90 Å². The predicted octanol–water partition coefficient (Wildman–Crippen LogP) is 0.979. The second-order valence-electron chi connectivity index (χ2n) is 6.36. The van der Waals surface area contributed by atoms with Crippen LogP contribution in [0.4, 0.5) is 0 Å². The Balaban J connectivity index is 1.79. The van der Waals surface area contributed by atoms with Crippen LogP contribution in [0.2, 0.25) is 0 Å². The molecule has 0 aromatic heterocycles. The summed E-state index contributed by atoms with van der Waals surface area (Å²) in [7, 11) is 1.89. The van der Waals surface area contributed by atoms with E-state index in [-0.39, 0.29) is 24.0 Å². The second-order valence-corrected chi connectivity index (χ2v) is 6.36. The van der Waals surface area contributed by atoms with Crippen LogP contribution in [0.3, 0.4) is 0 Å². The Morgan fingerprint density at radius 3 is 2.56 bits per heavy atom. The van der Waals surface area contributed by atoms with E-state index < -0.39 is 0 Å². The largest absolute Gasteiger partial charge is 0.393 e. The van der Waals surface area contributed by atoms with Gasteiger partial charge in [0.05, 0.1) is 6.10 Å². The maximum Gasteiger partial charge on any atom is 0.225 e. The summed E-state index contributed by atoms with van der Waals surface area (Å²) in [6.07, 6.45) is 4.43. The predicted molar refractivity (Wildman–Crippen MR) is 70.8 cm³/mol. The minimum absolute atomic E-state index is 0.117. The zero-order chi connectivity index (χ0) is 13.3. The zero-order valence-corrected chi connectivity index (χ0v) is 11.5. The smallest absolute Gasteiger partial charge is 0.225 e. The number of aliphatic hydroxyl groups excluding tert-OH is 1. The number of carbonyl (C=O) groups is 1. The van der Waals surface area contributed by atoms with Crippen LogP contribution in [0.5, 0.6) is 0 Å². The van der Waals surface area contributed by atoms with Crippen molar-refractivity contribution in [3.05, 3.63) is 0 Å². The highest BCUT2D eigenvalue weighted by Gasteiger charge is 2.33. The van der Waals surface area contributed by atoms with Crippen LogP contribution in [0.1, 0.15) is 39.0 Å². The average Bonchev–Trinajstić information content (AvgIpc) is 2.29. The van der Waals surface area contributed by atoms with Crippen LogP contribution in [-0.2, 0) is 4.79 Å². The Morgan fingerprint density at radius 1 is 1.33 bits per heavy atom. The minimum atomic E-state index is -0.137. The van der Waals surface area contributed by atoms with Crippen LogP contribution >= 0.6 is 0 Å². The van der Waals surface area contributed by atoms with E-state index in [1.165, 1.54) is 0 Å². The zero-order valence-electron chi connectivity index (χ0n) is 11.5. The quantitative estimate of drug-likeness (QED) is 0.789. The van der Waals surface area contributed by atoms with Crippen molar-refractivity contribution in [3.8, 4) is 0 Å². The van der Waals surface area contributed by atoms with Gasteiger partial charge >= 0.3 is 0 Å². The van der Waals surface area contributed by atoms with E-state index >= 15 is 0 Å². The Hall–Kier alpha value is -0.610.